The van der Waals surface area contributed by atoms with E-state index in [-0.39, 0.29) is 74.4 Å². The summed E-state index contributed by atoms with van der Waals surface area (Å²) in [6.07, 6.45) is 4.58. The lowest BCUT2D eigenvalue weighted by Gasteiger charge is -2.27. The predicted octanol–water partition coefficient (Wildman–Crippen LogP) is 9.58. The van der Waals surface area contributed by atoms with E-state index in [9.17, 15) is 33.6 Å². The molecule has 22 nitrogen and oxygen atoms in total. The SMILES string of the molecule is COc1ccc(C2=CN3C(=O)c4cc(OC)c(OCCCCCOc5cc6c(cc5OC)C(=O)N5C=C(c7ccc(CNC(=O)[C@H](C)NC(=O)[C@@H](NC(=O)O)C(C)C)cc7)C[C@H]5C(=O)N6COCC[Si](C)(C)C)cc4N(COCC[Si](C)(C)C)C(=O)[C@@H]3C2)cc1. The third-order valence-corrected chi connectivity index (χ3v) is 19.6. The van der Waals surface area contributed by atoms with Crippen LogP contribution in [0.5, 0.6) is 28.7 Å². The molecule has 4 aliphatic heterocycles. The highest BCUT2D eigenvalue weighted by Crippen LogP contribution is 2.44. The molecule has 4 aromatic carbocycles. The Morgan fingerprint density at radius 1 is 0.578 bits per heavy atom. The predicted molar refractivity (Wildman–Crippen MR) is 348 cm³/mol. The molecule has 0 saturated heterocycles. The number of hydrogen-bond acceptors (Lipinski definition) is 14. The molecule has 90 heavy (non-hydrogen) atoms. The number of ether oxygens (including phenoxy) is 7. The molecule has 0 fully saturated rings. The van der Waals surface area contributed by atoms with Gasteiger partial charge in [-0.2, -0.15) is 0 Å². The molecule has 0 aliphatic carbocycles. The summed E-state index contributed by atoms with van der Waals surface area (Å²) in [5.74, 6) is -0.652. The Morgan fingerprint density at radius 3 is 1.44 bits per heavy atom. The van der Waals surface area contributed by atoms with Gasteiger partial charge in [0, 0.05) is 73.3 Å². The summed E-state index contributed by atoms with van der Waals surface area (Å²) in [7, 11) is 1.64. The zero-order chi connectivity index (χ0) is 65.2. The van der Waals surface area contributed by atoms with Gasteiger partial charge < -0.3 is 64.0 Å². The van der Waals surface area contributed by atoms with E-state index >= 15 is 0 Å². The smallest absolute Gasteiger partial charge is 0.405 e. The molecule has 4 heterocycles. The van der Waals surface area contributed by atoms with Crippen LogP contribution in [0.25, 0.3) is 11.1 Å². The van der Waals surface area contributed by atoms with E-state index in [1.54, 1.807) is 62.5 Å². The van der Waals surface area contributed by atoms with Crippen molar-refractivity contribution in [3.8, 4) is 28.7 Å². The molecular formula is C66H87N7O15Si2. The first-order chi connectivity index (χ1) is 42.8. The topological polar surface area (TPSA) is 253 Å². The molecule has 7 amide bonds. The first kappa shape index (κ1) is 67.7. The molecule has 0 spiro atoms. The Morgan fingerprint density at radius 2 is 1.03 bits per heavy atom. The number of benzene rings is 4. The third-order valence-electron chi connectivity index (χ3n) is 16.2. The van der Waals surface area contributed by atoms with Crippen molar-refractivity contribution >= 4 is 80.2 Å². The fourth-order valence-electron chi connectivity index (χ4n) is 10.8. The van der Waals surface area contributed by atoms with Crippen LogP contribution in [-0.4, -0.2) is 158 Å². The van der Waals surface area contributed by atoms with Crippen LogP contribution in [0.1, 0.15) is 90.3 Å². The molecule has 4 N–H and O–H groups in total. The summed E-state index contributed by atoms with van der Waals surface area (Å²) in [6.45, 7) is 19.9. The lowest BCUT2D eigenvalue weighted by atomic mass is 10.0. The minimum absolute atomic E-state index is 0.0442. The van der Waals surface area contributed by atoms with E-state index in [0.717, 1.165) is 39.9 Å². The number of carboxylic acid groups (broad SMARTS) is 1. The van der Waals surface area contributed by atoms with Gasteiger partial charge in [0.05, 0.1) is 57.0 Å². The van der Waals surface area contributed by atoms with Gasteiger partial charge >= 0.3 is 6.09 Å². The van der Waals surface area contributed by atoms with Crippen LogP contribution in [-0.2, 0) is 35.2 Å². The van der Waals surface area contributed by atoms with Gasteiger partial charge in [-0.05, 0) is 96.3 Å². The standard InChI is InChI=1S/C66H87N7O15Si2/c1-41(2)59(69-66(80)81)61(75)68-42(3)60(74)67-36-43-16-18-44(19-17-43)46-30-53-64(78)72(39-85-26-28-89(7,8)9)51-34-57(55(83-5)32-49(51)62(76)70(53)37-46)87-24-14-13-15-25-88-58-35-52-50(33-56(58)84-6)63(77)71-38-47(45-20-22-48(82-4)23-21-45)31-54(71)65(79)73(52)40-86-27-29-90(10,11)12/h16-23,32-35,37-38,41-42,53-54,59,69H,13-15,24-31,36,39-40H2,1-12H3,(H,67,74)(H,68,75)(H,80,81)/t42-,53-,54-,59-/m0/s1. The maximum Gasteiger partial charge on any atom is 0.405 e. The van der Waals surface area contributed by atoms with E-state index in [1.807, 2.05) is 48.5 Å². The molecule has 0 unspecified atom stereocenters. The van der Waals surface area contributed by atoms with Crippen LogP contribution in [0.2, 0.25) is 51.4 Å². The highest BCUT2D eigenvalue weighted by atomic mass is 28.3. The summed E-state index contributed by atoms with van der Waals surface area (Å²) in [4.78, 5) is 102. The van der Waals surface area contributed by atoms with Crippen molar-refractivity contribution in [1.29, 1.82) is 0 Å². The molecule has 484 valence electrons. The lowest BCUT2D eigenvalue weighted by Crippen LogP contribution is -2.54. The quantitative estimate of drug-likeness (QED) is 0.0280. The first-order valence-electron chi connectivity index (χ1n) is 30.7. The summed E-state index contributed by atoms with van der Waals surface area (Å²) in [5.41, 5.74) is 5.28. The number of nitrogens with zero attached hydrogens (tertiary/aromatic N) is 4. The maximum absolute atomic E-state index is 14.8. The van der Waals surface area contributed by atoms with E-state index in [2.05, 4.69) is 55.2 Å². The fraction of sp³-hybridized carbons (Fsp3) is 0.470. The summed E-state index contributed by atoms with van der Waals surface area (Å²) in [6, 6.07) is 19.7. The van der Waals surface area contributed by atoms with Crippen LogP contribution in [0.3, 0.4) is 0 Å². The van der Waals surface area contributed by atoms with Gasteiger partial charge in [-0.1, -0.05) is 89.5 Å². The van der Waals surface area contributed by atoms with Gasteiger partial charge in [0.1, 0.15) is 43.4 Å². The number of hydrogen-bond donors (Lipinski definition) is 4. The Kier molecular flexibility index (Phi) is 22.3. The normalized spacial score (nSPS) is 17.1. The highest BCUT2D eigenvalue weighted by Gasteiger charge is 2.45. The largest absolute Gasteiger partial charge is 0.497 e. The van der Waals surface area contributed by atoms with Gasteiger partial charge in [-0.15, -0.1) is 0 Å². The molecule has 4 aliphatic rings. The Labute approximate surface area is 529 Å². The number of carbonyl (C=O) groups is 7. The van der Waals surface area contributed by atoms with Crippen LogP contribution >= 0.6 is 0 Å². The Bertz CT molecular complexity index is 3360. The number of unbranched alkanes of at least 4 members (excludes halogenated alkanes) is 2. The first-order valence-corrected chi connectivity index (χ1v) is 38.1. The minimum Gasteiger partial charge on any atom is -0.497 e. The van der Waals surface area contributed by atoms with Crippen molar-refractivity contribution in [2.75, 3.05) is 71.0 Å². The number of rotatable bonds is 30. The van der Waals surface area contributed by atoms with Crippen molar-refractivity contribution in [1.82, 2.24) is 25.8 Å². The second kappa shape index (κ2) is 29.6. The van der Waals surface area contributed by atoms with Crippen LogP contribution in [0, 0.1) is 5.92 Å². The van der Waals surface area contributed by atoms with Gasteiger partial charge in [0.15, 0.2) is 23.0 Å². The zero-order valence-electron chi connectivity index (χ0n) is 53.8. The monoisotopic (exact) mass is 1270 g/mol. The molecule has 0 bridgehead atoms. The average Bonchev–Trinajstić information content (AvgIpc) is 1.61. The average molecular weight is 1270 g/mol. The van der Waals surface area contributed by atoms with Crippen molar-refractivity contribution in [3.63, 3.8) is 0 Å². The molecular weight excluding hydrogens is 1190 g/mol. The second-order valence-corrected chi connectivity index (χ2v) is 37.0. The summed E-state index contributed by atoms with van der Waals surface area (Å²) < 4.78 is 42.2. The lowest BCUT2D eigenvalue weighted by molar-refractivity contribution is -0.130. The molecule has 24 heteroatoms. The van der Waals surface area contributed by atoms with Crippen molar-refractivity contribution in [2.24, 2.45) is 5.92 Å². The molecule has 0 radical (unpaired) electrons. The number of fused-ring (bicyclic) bond motifs is 4. The summed E-state index contributed by atoms with van der Waals surface area (Å²) in [5, 5.41) is 16.7. The number of methoxy groups -OCH3 is 3. The van der Waals surface area contributed by atoms with Crippen LogP contribution in [0.4, 0.5) is 16.2 Å². The Hall–Kier alpha value is -8.20. The van der Waals surface area contributed by atoms with Crippen molar-refractivity contribution in [3.05, 3.63) is 113 Å². The van der Waals surface area contributed by atoms with E-state index in [1.165, 1.54) is 35.8 Å². The molecule has 4 atom stereocenters. The molecule has 0 aromatic heterocycles. The number of nitrogens with one attached hydrogen (secondary N) is 3. The molecule has 4 aromatic rings. The maximum atomic E-state index is 14.8. The summed E-state index contributed by atoms with van der Waals surface area (Å²) >= 11 is 0. The van der Waals surface area contributed by atoms with Gasteiger partial charge in [0.25, 0.3) is 23.6 Å². The molecule has 0 saturated carbocycles. The second-order valence-electron chi connectivity index (χ2n) is 25.7. The fourth-order valence-corrected chi connectivity index (χ4v) is 12.4. The van der Waals surface area contributed by atoms with Gasteiger partial charge in [-0.3, -0.25) is 38.6 Å². The van der Waals surface area contributed by atoms with Crippen LogP contribution in [0.15, 0.2) is 85.2 Å². The van der Waals surface area contributed by atoms with Crippen LogP contribution < -0.4 is 49.4 Å². The Balaban J connectivity index is 0.922. The van der Waals surface area contributed by atoms with E-state index in [4.69, 9.17) is 38.3 Å². The zero-order valence-corrected chi connectivity index (χ0v) is 55.8. The van der Waals surface area contributed by atoms with Crippen molar-refractivity contribution < 1.29 is 71.8 Å². The number of carbonyl (C=O) groups excluding carboxylic acids is 6. The number of amides is 7. The number of anilines is 2. The third kappa shape index (κ3) is 16.6. The van der Waals surface area contributed by atoms with E-state index < -0.39 is 64.1 Å². The molecule has 8 rings (SSSR count). The van der Waals surface area contributed by atoms with Gasteiger partial charge in [0.2, 0.25) is 11.8 Å². The van der Waals surface area contributed by atoms with E-state index in [0.29, 0.717) is 79.0 Å². The van der Waals surface area contributed by atoms with Gasteiger partial charge in [-0.25, -0.2) is 4.79 Å². The highest BCUT2D eigenvalue weighted by molar-refractivity contribution is 6.76. The van der Waals surface area contributed by atoms with Crippen molar-refractivity contribution in [2.45, 2.75) is 135 Å². The minimum atomic E-state index is -1.51.